The highest BCUT2D eigenvalue weighted by molar-refractivity contribution is 5.97. The van der Waals surface area contributed by atoms with Gasteiger partial charge >= 0.3 is 0 Å². The first-order valence-electron chi connectivity index (χ1n) is 7.78. The number of rotatable bonds is 7. The zero-order valence-electron chi connectivity index (χ0n) is 14.3. The molecule has 0 saturated carbocycles. The second-order valence-corrected chi connectivity index (χ2v) is 5.86. The summed E-state index contributed by atoms with van der Waals surface area (Å²) in [5, 5.41) is 5.42. The highest BCUT2D eigenvalue weighted by Crippen LogP contribution is 2.10. The fraction of sp³-hybridized carbons (Fsp3) is 0.333. The maximum Gasteiger partial charge on any atom is 0.255 e. The molecule has 2 rings (SSSR count). The molecule has 1 heterocycles. The van der Waals surface area contributed by atoms with Gasteiger partial charge in [0.25, 0.3) is 5.91 Å². The van der Waals surface area contributed by atoms with Gasteiger partial charge in [0.1, 0.15) is 5.76 Å². The van der Waals surface area contributed by atoms with E-state index < -0.39 is 0 Å². The summed E-state index contributed by atoms with van der Waals surface area (Å²) in [5.41, 5.74) is 2.68. The van der Waals surface area contributed by atoms with Crippen LogP contribution in [0.1, 0.15) is 27.2 Å². The second-order valence-electron chi connectivity index (χ2n) is 5.86. The SMILES string of the molecule is Cc1occc1C(=O)NCC(=O)NCc1ccccc1CN(C)C. The fourth-order valence-electron chi connectivity index (χ4n) is 2.36. The van der Waals surface area contributed by atoms with E-state index in [1.807, 2.05) is 38.4 Å². The Labute approximate surface area is 141 Å². The fourth-order valence-corrected chi connectivity index (χ4v) is 2.36. The molecular formula is C18H23N3O3. The molecule has 2 N–H and O–H groups in total. The van der Waals surface area contributed by atoms with Crippen LogP contribution in [0.3, 0.4) is 0 Å². The van der Waals surface area contributed by atoms with E-state index >= 15 is 0 Å². The zero-order chi connectivity index (χ0) is 17.5. The Morgan fingerprint density at radius 1 is 1.08 bits per heavy atom. The van der Waals surface area contributed by atoms with Crippen molar-refractivity contribution in [3.63, 3.8) is 0 Å². The van der Waals surface area contributed by atoms with Gasteiger partial charge in [-0.05, 0) is 38.2 Å². The van der Waals surface area contributed by atoms with Crippen molar-refractivity contribution < 1.29 is 14.0 Å². The maximum atomic E-state index is 11.9. The minimum atomic E-state index is -0.315. The molecule has 0 radical (unpaired) electrons. The van der Waals surface area contributed by atoms with Crippen LogP contribution in [0.5, 0.6) is 0 Å². The summed E-state index contributed by atoms with van der Waals surface area (Å²) in [6.45, 7) is 2.88. The minimum absolute atomic E-state index is 0.0701. The van der Waals surface area contributed by atoms with Gasteiger partial charge in [-0.3, -0.25) is 9.59 Å². The Kier molecular flexibility index (Phi) is 6.14. The van der Waals surface area contributed by atoms with E-state index in [0.717, 1.165) is 12.1 Å². The van der Waals surface area contributed by atoms with Gasteiger partial charge in [0, 0.05) is 13.1 Å². The molecule has 1 aromatic heterocycles. The molecule has 2 aromatic rings. The van der Waals surface area contributed by atoms with E-state index in [9.17, 15) is 9.59 Å². The van der Waals surface area contributed by atoms with Gasteiger partial charge in [-0.25, -0.2) is 0 Å². The molecule has 6 heteroatoms. The summed E-state index contributed by atoms with van der Waals surface area (Å²) in [6, 6.07) is 9.55. The summed E-state index contributed by atoms with van der Waals surface area (Å²) < 4.78 is 5.08. The molecule has 0 bridgehead atoms. The lowest BCUT2D eigenvalue weighted by Gasteiger charge is -2.14. The molecule has 0 atom stereocenters. The van der Waals surface area contributed by atoms with Crippen LogP contribution in [0, 0.1) is 6.92 Å². The molecule has 128 valence electrons. The van der Waals surface area contributed by atoms with Gasteiger partial charge in [0.2, 0.25) is 5.91 Å². The molecule has 1 aromatic carbocycles. The van der Waals surface area contributed by atoms with Crippen molar-refractivity contribution in [2.45, 2.75) is 20.0 Å². The lowest BCUT2D eigenvalue weighted by Crippen LogP contribution is -2.36. The molecule has 24 heavy (non-hydrogen) atoms. The van der Waals surface area contributed by atoms with Crippen molar-refractivity contribution >= 4 is 11.8 Å². The Hall–Kier alpha value is -2.60. The number of furan rings is 1. The number of nitrogens with one attached hydrogen (secondary N) is 2. The predicted molar refractivity (Wildman–Crippen MR) is 91.5 cm³/mol. The Morgan fingerprint density at radius 2 is 1.79 bits per heavy atom. The summed E-state index contributed by atoms with van der Waals surface area (Å²) in [7, 11) is 4.01. The first kappa shape index (κ1) is 17.7. The van der Waals surface area contributed by atoms with Crippen molar-refractivity contribution in [3.8, 4) is 0 Å². The first-order chi connectivity index (χ1) is 11.5. The normalized spacial score (nSPS) is 10.7. The number of benzene rings is 1. The topological polar surface area (TPSA) is 74.6 Å². The highest BCUT2D eigenvalue weighted by atomic mass is 16.3. The Morgan fingerprint density at radius 3 is 2.42 bits per heavy atom. The third kappa shape index (κ3) is 4.96. The van der Waals surface area contributed by atoms with E-state index in [-0.39, 0.29) is 18.4 Å². The number of amides is 2. The van der Waals surface area contributed by atoms with E-state index in [1.54, 1.807) is 13.0 Å². The monoisotopic (exact) mass is 329 g/mol. The lowest BCUT2D eigenvalue weighted by atomic mass is 10.1. The van der Waals surface area contributed by atoms with Crippen LogP contribution in [0.2, 0.25) is 0 Å². The molecular weight excluding hydrogens is 306 g/mol. The van der Waals surface area contributed by atoms with Crippen molar-refractivity contribution in [2.24, 2.45) is 0 Å². The summed E-state index contributed by atoms with van der Waals surface area (Å²) >= 11 is 0. The molecule has 6 nitrogen and oxygen atoms in total. The number of hydrogen-bond acceptors (Lipinski definition) is 4. The van der Waals surface area contributed by atoms with Crippen molar-refractivity contribution in [2.75, 3.05) is 20.6 Å². The third-order valence-electron chi connectivity index (χ3n) is 3.59. The maximum absolute atomic E-state index is 11.9. The van der Waals surface area contributed by atoms with Crippen LogP contribution in [-0.2, 0) is 17.9 Å². The van der Waals surface area contributed by atoms with E-state index in [2.05, 4.69) is 15.5 Å². The van der Waals surface area contributed by atoms with Crippen LogP contribution < -0.4 is 10.6 Å². The molecule has 0 saturated heterocycles. The van der Waals surface area contributed by atoms with E-state index in [1.165, 1.54) is 11.8 Å². The average molecular weight is 329 g/mol. The standard InChI is InChI=1S/C18H23N3O3/c1-13-16(8-9-24-13)18(23)20-11-17(22)19-10-14-6-4-5-7-15(14)12-21(2)3/h4-9H,10-12H2,1-3H3,(H,19,22)(H,20,23). The number of hydrogen-bond donors (Lipinski definition) is 2. The molecule has 2 amide bonds. The van der Waals surface area contributed by atoms with Crippen LogP contribution in [0.4, 0.5) is 0 Å². The summed E-state index contributed by atoms with van der Waals surface area (Å²) in [6.07, 6.45) is 1.45. The zero-order valence-corrected chi connectivity index (χ0v) is 14.3. The summed E-state index contributed by atoms with van der Waals surface area (Å²) in [4.78, 5) is 26.0. The Balaban J connectivity index is 1.83. The molecule has 0 aliphatic carbocycles. The van der Waals surface area contributed by atoms with Crippen molar-refractivity contribution in [1.29, 1.82) is 0 Å². The van der Waals surface area contributed by atoms with Crippen LogP contribution in [0.25, 0.3) is 0 Å². The van der Waals surface area contributed by atoms with Gasteiger partial charge < -0.3 is 20.0 Å². The van der Waals surface area contributed by atoms with Gasteiger partial charge in [-0.2, -0.15) is 0 Å². The van der Waals surface area contributed by atoms with Crippen molar-refractivity contribution in [1.82, 2.24) is 15.5 Å². The third-order valence-corrected chi connectivity index (χ3v) is 3.59. The van der Waals surface area contributed by atoms with Gasteiger partial charge in [0.15, 0.2) is 0 Å². The highest BCUT2D eigenvalue weighted by Gasteiger charge is 2.12. The summed E-state index contributed by atoms with van der Waals surface area (Å²) in [5.74, 6) is -0.0147. The first-order valence-corrected chi connectivity index (χ1v) is 7.78. The number of carbonyl (C=O) groups is 2. The molecule has 0 unspecified atom stereocenters. The second kappa shape index (κ2) is 8.31. The smallest absolute Gasteiger partial charge is 0.255 e. The van der Waals surface area contributed by atoms with Crippen LogP contribution >= 0.6 is 0 Å². The van der Waals surface area contributed by atoms with E-state index in [0.29, 0.717) is 17.9 Å². The van der Waals surface area contributed by atoms with Gasteiger partial charge in [-0.15, -0.1) is 0 Å². The Bertz CT molecular complexity index is 707. The van der Waals surface area contributed by atoms with E-state index in [4.69, 9.17) is 4.42 Å². The molecule has 0 aliphatic heterocycles. The van der Waals surface area contributed by atoms with Gasteiger partial charge in [-0.1, -0.05) is 24.3 Å². The molecule has 0 spiro atoms. The van der Waals surface area contributed by atoms with Crippen LogP contribution in [0.15, 0.2) is 41.0 Å². The number of nitrogens with zero attached hydrogens (tertiary/aromatic N) is 1. The van der Waals surface area contributed by atoms with Gasteiger partial charge in [0.05, 0.1) is 18.4 Å². The minimum Gasteiger partial charge on any atom is -0.469 e. The molecule has 0 aliphatic rings. The predicted octanol–water partition coefficient (Wildman–Crippen LogP) is 1.70. The quantitative estimate of drug-likeness (QED) is 0.811. The lowest BCUT2D eigenvalue weighted by molar-refractivity contribution is -0.120. The number of carbonyl (C=O) groups excluding carboxylic acids is 2. The largest absolute Gasteiger partial charge is 0.469 e. The molecule has 0 fully saturated rings. The van der Waals surface area contributed by atoms with Crippen LogP contribution in [-0.4, -0.2) is 37.4 Å². The van der Waals surface area contributed by atoms with Crippen molar-refractivity contribution in [3.05, 3.63) is 59.0 Å². The number of aryl methyl sites for hydroxylation is 1. The average Bonchev–Trinajstić information content (AvgIpc) is 2.97.